The van der Waals surface area contributed by atoms with E-state index in [0.29, 0.717) is 12.8 Å². The Bertz CT molecular complexity index is 768. The smallest absolute Gasteiger partial charge is 0.335 e. The first kappa shape index (κ1) is 21.4. The molecule has 0 aromatic heterocycles. The van der Waals surface area contributed by atoms with Gasteiger partial charge in [0.25, 0.3) is 0 Å². The summed E-state index contributed by atoms with van der Waals surface area (Å²) in [5.41, 5.74) is 0.0440. The van der Waals surface area contributed by atoms with Crippen molar-refractivity contribution in [3.63, 3.8) is 0 Å². The van der Waals surface area contributed by atoms with Gasteiger partial charge in [-0.15, -0.1) is 0 Å². The highest BCUT2D eigenvalue weighted by Crippen LogP contribution is 2.26. The molecule has 1 saturated heterocycles. The molecule has 7 nitrogen and oxygen atoms in total. The minimum absolute atomic E-state index is 0.0440. The topological polar surface area (TPSA) is 95.0 Å². The Labute approximate surface area is 161 Å². The molecule has 1 heterocycles. The molecule has 0 saturated carbocycles. The van der Waals surface area contributed by atoms with Crippen LogP contribution in [0.2, 0.25) is 0 Å². The molecule has 8 heteroatoms. The predicted octanol–water partition coefficient (Wildman–Crippen LogP) is 2.43. The van der Waals surface area contributed by atoms with Crippen LogP contribution in [-0.2, 0) is 14.8 Å². The number of carboxylic acid groups (broad SMARTS) is 1. The van der Waals surface area contributed by atoms with E-state index in [1.165, 1.54) is 28.6 Å². The summed E-state index contributed by atoms with van der Waals surface area (Å²) in [5.74, 6) is -1.17. The maximum Gasteiger partial charge on any atom is 0.335 e. The summed E-state index contributed by atoms with van der Waals surface area (Å²) in [4.78, 5) is 25.4. The van der Waals surface area contributed by atoms with Crippen LogP contribution in [0.15, 0.2) is 29.2 Å². The number of aromatic carboxylic acids is 1. The van der Waals surface area contributed by atoms with Gasteiger partial charge in [-0.25, -0.2) is 13.2 Å². The monoisotopic (exact) mass is 396 g/mol. The molecular formula is C19H28N2O5S. The van der Waals surface area contributed by atoms with Gasteiger partial charge in [0.15, 0.2) is 0 Å². The second-order valence-corrected chi connectivity index (χ2v) is 9.03. The molecule has 0 radical (unpaired) electrons. The second-order valence-electron chi connectivity index (χ2n) is 7.09. The highest BCUT2D eigenvalue weighted by atomic mass is 32.2. The summed E-state index contributed by atoms with van der Waals surface area (Å²) in [5, 5.41) is 8.93. The predicted molar refractivity (Wildman–Crippen MR) is 102 cm³/mol. The zero-order valence-electron chi connectivity index (χ0n) is 16.1. The third kappa shape index (κ3) is 4.87. The van der Waals surface area contributed by atoms with E-state index in [1.807, 2.05) is 14.0 Å². The van der Waals surface area contributed by atoms with Crippen molar-refractivity contribution in [2.45, 2.75) is 50.5 Å². The Kier molecular flexibility index (Phi) is 7.00. The quantitative estimate of drug-likeness (QED) is 0.764. The van der Waals surface area contributed by atoms with E-state index in [2.05, 4.69) is 6.92 Å². The van der Waals surface area contributed by atoms with E-state index in [-0.39, 0.29) is 41.4 Å². The lowest BCUT2D eigenvalue weighted by molar-refractivity contribution is -0.137. The molecule has 1 unspecified atom stereocenters. The molecule has 1 fully saturated rings. The van der Waals surface area contributed by atoms with Crippen LogP contribution in [0.4, 0.5) is 0 Å². The van der Waals surface area contributed by atoms with E-state index in [4.69, 9.17) is 5.11 Å². The minimum atomic E-state index is -3.68. The number of carboxylic acids is 1. The van der Waals surface area contributed by atoms with Crippen LogP contribution in [0.3, 0.4) is 0 Å². The molecule has 1 aliphatic heterocycles. The summed E-state index contributed by atoms with van der Waals surface area (Å²) < 4.78 is 26.9. The van der Waals surface area contributed by atoms with Crippen LogP contribution < -0.4 is 0 Å². The van der Waals surface area contributed by atoms with Crippen molar-refractivity contribution in [2.75, 3.05) is 20.1 Å². The summed E-state index contributed by atoms with van der Waals surface area (Å²) in [6.45, 7) is 4.69. The Hall–Kier alpha value is -1.93. The normalized spacial score (nSPS) is 17.4. The molecule has 1 aromatic carbocycles. The van der Waals surface area contributed by atoms with Gasteiger partial charge in [0.2, 0.25) is 15.9 Å². The zero-order chi connectivity index (χ0) is 20.2. The fourth-order valence-corrected chi connectivity index (χ4v) is 4.85. The molecule has 150 valence electrons. The molecule has 0 bridgehead atoms. The van der Waals surface area contributed by atoms with Crippen LogP contribution in [0.25, 0.3) is 0 Å². The Morgan fingerprint density at radius 3 is 2.26 bits per heavy atom. The van der Waals surface area contributed by atoms with Crippen LogP contribution in [0.5, 0.6) is 0 Å². The van der Waals surface area contributed by atoms with Crippen LogP contribution >= 0.6 is 0 Å². The number of amides is 1. The molecule has 1 aliphatic rings. The SMILES string of the molecule is CCCC(C)N(C)C(=O)C1CCN(S(=O)(=O)c2ccc(C(=O)O)cc2)CC1. The molecule has 1 aromatic rings. The van der Waals surface area contributed by atoms with Crippen molar-refractivity contribution in [3.8, 4) is 0 Å². The van der Waals surface area contributed by atoms with Gasteiger partial charge >= 0.3 is 5.97 Å². The van der Waals surface area contributed by atoms with E-state index < -0.39 is 16.0 Å². The Morgan fingerprint density at radius 2 is 1.78 bits per heavy atom. The summed E-state index contributed by atoms with van der Waals surface area (Å²) in [6, 6.07) is 5.38. The van der Waals surface area contributed by atoms with Gasteiger partial charge in [-0.3, -0.25) is 4.79 Å². The van der Waals surface area contributed by atoms with Gasteiger partial charge in [0, 0.05) is 32.1 Å². The summed E-state index contributed by atoms with van der Waals surface area (Å²) in [6.07, 6.45) is 2.95. The fourth-order valence-electron chi connectivity index (χ4n) is 3.38. The number of carbonyl (C=O) groups is 2. The molecule has 1 amide bonds. The molecule has 1 N–H and O–H groups in total. The van der Waals surface area contributed by atoms with Gasteiger partial charge in [-0.05, 0) is 50.5 Å². The maximum absolute atomic E-state index is 12.8. The lowest BCUT2D eigenvalue weighted by Gasteiger charge is -2.34. The average molecular weight is 397 g/mol. The van der Waals surface area contributed by atoms with Crippen molar-refractivity contribution < 1.29 is 23.1 Å². The van der Waals surface area contributed by atoms with E-state index in [0.717, 1.165) is 12.8 Å². The van der Waals surface area contributed by atoms with Crippen LogP contribution in [0.1, 0.15) is 49.9 Å². The van der Waals surface area contributed by atoms with Gasteiger partial charge in [0.05, 0.1) is 10.5 Å². The first-order valence-corrected chi connectivity index (χ1v) is 10.7. The fraction of sp³-hybridized carbons (Fsp3) is 0.579. The minimum Gasteiger partial charge on any atom is -0.478 e. The van der Waals surface area contributed by atoms with Gasteiger partial charge in [-0.1, -0.05) is 13.3 Å². The number of hydrogen-bond donors (Lipinski definition) is 1. The van der Waals surface area contributed by atoms with Crippen molar-refractivity contribution >= 4 is 21.9 Å². The highest BCUT2D eigenvalue weighted by Gasteiger charge is 2.33. The van der Waals surface area contributed by atoms with Crippen molar-refractivity contribution in [3.05, 3.63) is 29.8 Å². The van der Waals surface area contributed by atoms with E-state index in [9.17, 15) is 18.0 Å². The standard InChI is InChI=1S/C19H28N2O5S/c1-4-5-14(2)20(3)18(22)15-10-12-21(13-11-15)27(25,26)17-8-6-16(7-9-17)19(23)24/h6-9,14-15H,4-5,10-13H2,1-3H3,(H,23,24). The third-order valence-electron chi connectivity index (χ3n) is 5.26. The lowest BCUT2D eigenvalue weighted by Crippen LogP contribution is -2.45. The molecule has 0 aliphatic carbocycles. The van der Waals surface area contributed by atoms with Gasteiger partial charge < -0.3 is 10.0 Å². The van der Waals surface area contributed by atoms with Crippen LogP contribution in [0, 0.1) is 5.92 Å². The zero-order valence-corrected chi connectivity index (χ0v) is 16.9. The number of rotatable bonds is 7. The highest BCUT2D eigenvalue weighted by molar-refractivity contribution is 7.89. The molecule has 1 atom stereocenters. The first-order valence-electron chi connectivity index (χ1n) is 9.28. The van der Waals surface area contributed by atoms with E-state index >= 15 is 0 Å². The summed E-state index contributed by atoms with van der Waals surface area (Å²) >= 11 is 0. The molecular weight excluding hydrogens is 368 g/mol. The largest absolute Gasteiger partial charge is 0.478 e. The lowest BCUT2D eigenvalue weighted by atomic mass is 9.96. The number of benzene rings is 1. The van der Waals surface area contributed by atoms with Crippen molar-refractivity contribution in [1.29, 1.82) is 0 Å². The molecule has 2 rings (SSSR count). The number of nitrogens with zero attached hydrogens (tertiary/aromatic N) is 2. The van der Waals surface area contributed by atoms with Crippen LogP contribution in [-0.4, -0.2) is 60.8 Å². The van der Waals surface area contributed by atoms with Gasteiger partial charge in [0.1, 0.15) is 0 Å². The number of hydrogen-bond acceptors (Lipinski definition) is 4. The number of piperidine rings is 1. The summed E-state index contributed by atoms with van der Waals surface area (Å²) in [7, 11) is -1.87. The van der Waals surface area contributed by atoms with Crippen molar-refractivity contribution in [1.82, 2.24) is 9.21 Å². The maximum atomic E-state index is 12.8. The number of carbonyl (C=O) groups excluding carboxylic acids is 1. The Balaban J connectivity index is 2.01. The van der Waals surface area contributed by atoms with Gasteiger partial charge in [-0.2, -0.15) is 4.31 Å². The Morgan fingerprint density at radius 1 is 1.22 bits per heavy atom. The van der Waals surface area contributed by atoms with E-state index in [1.54, 1.807) is 4.90 Å². The average Bonchev–Trinajstić information content (AvgIpc) is 2.67. The number of sulfonamides is 1. The third-order valence-corrected chi connectivity index (χ3v) is 7.17. The molecule has 0 spiro atoms. The second kappa shape index (κ2) is 8.84. The first-order chi connectivity index (χ1) is 12.7. The van der Waals surface area contributed by atoms with Crippen molar-refractivity contribution in [2.24, 2.45) is 5.92 Å². The molecule has 27 heavy (non-hydrogen) atoms.